The van der Waals surface area contributed by atoms with E-state index in [0.717, 1.165) is 24.2 Å². The molecule has 8 heteroatoms. The van der Waals surface area contributed by atoms with Gasteiger partial charge in [0.1, 0.15) is 15.9 Å². The Hall–Kier alpha value is -1.96. The minimum absolute atomic E-state index is 0.129. The molecule has 3 aromatic rings. The second-order valence-corrected chi connectivity index (χ2v) is 7.28. The summed E-state index contributed by atoms with van der Waals surface area (Å²) in [5, 5.41) is 2.13. The van der Waals surface area contributed by atoms with Gasteiger partial charge >= 0.3 is 5.97 Å². The van der Waals surface area contributed by atoms with E-state index < -0.39 is 0 Å². The number of aromatic nitrogens is 3. The molecule has 1 aliphatic rings. The molecule has 1 fully saturated rings. The molecule has 2 aromatic heterocycles. The van der Waals surface area contributed by atoms with E-state index in [-0.39, 0.29) is 11.9 Å². The Morgan fingerprint density at radius 2 is 2.12 bits per heavy atom. The molecule has 0 spiro atoms. The quantitative estimate of drug-likeness (QED) is 0.620. The van der Waals surface area contributed by atoms with Gasteiger partial charge in [0.25, 0.3) is 0 Å². The molecule has 0 N–H and O–H groups in total. The van der Waals surface area contributed by atoms with Crippen molar-refractivity contribution in [2.45, 2.75) is 18.8 Å². The van der Waals surface area contributed by atoms with Gasteiger partial charge in [-0.3, -0.25) is 4.40 Å². The molecule has 1 aromatic carbocycles. The topological polar surface area (TPSA) is 59.7 Å². The highest BCUT2D eigenvalue weighted by Crippen LogP contribution is 2.32. The maximum absolute atomic E-state index is 12.3. The number of carbonyl (C=O) groups excluding carboxylic acids is 1. The van der Waals surface area contributed by atoms with E-state index in [1.165, 1.54) is 0 Å². The molecule has 0 saturated carbocycles. The minimum Gasteiger partial charge on any atom is -0.364 e. The molecular formula is C18H16BrClN4O2. The fraction of sp³-hybridized carbons (Fsp3) is 0.278. The van der Waals surface area contributed by atoms with Crippen LogP contribution in [0.3, 0.4) is 0 Å². The van der Waals surface area contributed by atoms with E-state index in [4.69, 9.17) is 16.4 Å². The van der Waals surface area contributed by atoms with E-state index in [0.29, 0.717) is 28.4 Å². The zero-order valence-corrected chi connectivity index (χ0v) is 16.2. The van der Waals surface area contributed by atoms with Crippen LogP contribution in [0, 0.1) is 0 Å². The monoisotopic (exact) mass is 434 g/mol. The molecule has 1 aliphatic heterocycles. The predicted octanol–water partition coefficient (Wildman–Crippen LogP) is 4.10. The largest absolute Gasteiger partial charge is 0.364 e. The zero-order chi connectivity index (χ0) is 18.1. The van der Waals surface area contributed by atoms with E-state index in [1.54, 1.807) is 23.4 Å². The number of hydrogen-bond acceptors (Lipinski definition) is 5. The highest BCUT2D eigenvalue weighted by atomic mass is 79.9. The van der Waals surface area contributed by atoms with Gasteiger partial charge in [-0.05, 0) is 40.9 Å². The van der Waals surface area contributed by atoms with Crippen molar-refractivity contribution in [2.75, 3.05) is 13.1 Å². The first-order chi connectivity index (χ1) is 12.6. The maximum atomic E-state index is 12.3. The number of fused-ring (bicyclic) bond motifs is 1. The van der Waals surface area contributed by atoms with Crippen LogP contribution in [0.2, 0.25) is 5.15 Å². The lowest BCUT2D eigenvalue weighted by Gasteiger charge is -2.30. The van der Waals surface area contributed by atoms with Crippen LogP contribution in [0.15, 0.2) is 47.3 Å². The molecule has 0 unspecified atom stereocenters. The summed E-state index contributed by atoms with van der Waals surface area (Å²) in [6.07, 6.45) is 5.38. The van der Waals surface area contributed by atoms with E-state index in [1.807, 2.05) is 28.8 Å². The summed E-state index contributed by atoms with van der Waals surface area (Å²) in [7, 11) is 0. The Kier molecular flexibility index (Phi) is 4.93. The van der Waals surface area contributed by atoms with Gasteiger partial charge in [-0.25, -0.2) is 14.8 Å². The van der Waals surface area contributed by atoms with Crippen molar-refractivity contribution in [1.29, 1.82) is 0 Å². The SMILES string of the molecule is O=C(ON1CCC[C@@H](c2nc(Br)c3c(Cl)nccn23)C1)c1ccccc1. The number of imidazole rings is 1. The van der Waals surface area contributed by atoms with Crippen LogP contribution < -0.4 is 0 Å². The Balaban J connectivity index is 1.54. The molecule has 1 atom stereocenters. The van der Waals surface area contributed by atoms with Gasteiger partial charge in [0.05, 0.1) is 5.56 Å². The van der Waals surface area contributed by atoms with Crippen LogP contribution in [0.5, 0.6) is 0 Å². The summed E-state index contributed by atoms with van der Waals surface area (Å²) in [5.74, 6) is 0.675. The molecule has 6 nitrogen and oxygen atoms in total. The van der Waals surface area contributed by atoms with Crippen molar-refractivity contribution < 1.29 is 9.63 Å². The van der Waals surface area contributed by atoms with Crippen LogP contribution in [0.25, 0.3) is 5.52 Å². The maximum Gasteiger partial charge on any atom is 0.357 e. The third-order valence-corrected chi connectivity index (χ3v) is 5.30. The summed E-state index contributed by atoms with van der Waals surface area (Å²) in [6, 6.07) is 9.01. The van der Waals surface area contributed by atoms with E-state index in [9.17, 15) is 4.79 Å². The van der Waals surface area contributed by atoms with Crippen LogP contribution in [-0.2, 0) is 4.84 Å². The first kappa shape index (κ1) is 17.5. The molecule has 0 amide bonds. The fourth-order valence-corrected chi connectivity index (χ4v) is 4.16. The van der Waals surface area contributed by atoms with Crippen LogP contribution >= 0.6 is 27.5 Å². The summed E-state index contributed by atoms with van der Waals surface area (Å²) in [5.41, 5.74) is 1.30. The Morgan fingerprint density at radius 1 is 1.31 bits per heavy atom. The lowest BCUT2D eigenvalue weighted by Crippen LogP contribution is -2.36. The normalized spacial score (nSPS) is 18.2. The number of carbonyl (C=O) groups is 1. The summed E-state index contributed by atoms with van der Waals surface area (Å²) in [4.78, 5) is 26.6. The van der Waals surface area contributed by atoms with Crippen molar-refractivity contribution in [3.8, 4) is 0 Å². The van der Waals surface area contributed by atoms with Crippen LogP contribution in [-0.4, -0.2) is 38.5 Å². The van der Waals surface area contributed by atoms with Crippen LogP contribution in [0.1, 0.15) is 34.9 Å². The summed E-state index contributed by atoms with van der Waals surface area (Å²) >= 11 is 9.66. The number of nitrogens with zero attached hydrogens (tertiary/aromatic N) is 4. The van der Waals surface area contributed by atoms with Crippen molar-refractivity contribution in [3.05, 3.63) is 63.9 Å². The molecule has 26 heavy (non-hydrogen) atoms. The molecule has 4 rings (SSSR count). The Bertz CT molecular complexity index is 947. The highest BCUT2D eigenvalue weighted by molar-refractivity contribution is 9.10. The van der Waals surface area contributed by atoms with Gasteiger partial charge in [-0.1, -0.05) is 29.8 Å². The van der Waals surface area contributed by atoms with Gasteiger partial charge in [0.15, 0.2) is 5.15 Å². The first-order valence-corrected chi connectivity index (χ1v) is 9.51. The lowest BCUT2D eigenvalue weighted by atomic mass is 9.98. The third-order valence-electron chi connectivity index (χ3n) is 4.47. The number of rotatable bonds is 3. The van der Waals surface area contributed by atoms with Crippen molar-refractivity contribution in [1.82, 2.24) is 19.4 Å². The minimum atomic E-state index is -0.340. The Labute approximate surface area is 163 Å². The van der Waals surface area contributed by atoms with Crippen molar-refractivity contribution in [2.24, 2.45) is 0 Å². The number of hydroxylamine groups is 2. The molecule has 0 aliphatic carbocycles. The number of benzene rings is 1. The average molecular weight is 436 g/mol. The molecular weight excluding hydrogens is 420 g/mol. The second-order valence-electron chi connectivity index (χ2n) is 6.17. The van der Waals surface area contributed by atoms with Gasteiger partial charge < -0.3 is 4.84 Å². The molecule has 134 valence electrons. The predicted molar refractivity (Wildman–Crippen MR) is 101 cm³/mol. The zero-order valence-electron chi connectivity index (χ0n) is 13.8. The van der Waals surface area contributed by atoms with Gasteiger partial charge in [0.2, 0.25) is 0 Å². The molecule has 0 radical (unpaired) electrons. The smallest absolute Gasteiger partial charge is 0.357 e. The van der Waals surface area contributed by atoms with E-state index >= 15 is 0 Å². The number of halogens is 2. The van der Waals surface area contributed by atoms with Gasteiger partial charge in [0, 0.05) is 31.4 Å². The number of hydrogen-bond donors (Lipinski definition) is 0. The lowest BCUT2D eigenvalue weighted by molar-refractivity contribution is -0.124. The molecule has 1 saturated heterocycles. The van der Waals surface area contributed by atoms with Crippen molar-refractivity contribution in [3.63, 3.8) is 0 Å². The average Bonchev–Trinajstić information content (AvgIpc) is 3.01. The third kappa shape index (κ3) is 3.34. The van der Waals surface area contributed by atoms with E-state index in [2.05, 4.69) is 25.9 Å². The highest BCUT2D eigenvalue weighted by Gasteiger charge is 2.28. The molecule has 0 bridgehead atoms. The standard InChI is InChI=1S/C18H16BrClN4O2/c19-15-14-16(20)21-8-10-24(14)17(22-15)13-7-4-9-23(11-13)26-18(25)12-5-2-1-3-6-12/h1-3,5-6,8,10,13H,4,7,9,11H2/t13-/m1/s1. The fourth-order valence-electron chi connectivity index (χ4n) is 3.25. The number of piperidine rings is 1. The second kappa shape index (κ2) is 7.34. The van der Waals surface area contributed by atoms with Gasteiger partial charge in [-0.2, -0.15) is 0 Å². The summed E-state index contributed by atoms with van der Waals surface area (Å²) in [6.45, 7) is 1.30. The first-order valence-electron chi connectivity index (χ1n) is 8.33. The molecule has 3 heterocycles. The van der Waals surface area contributed by atoms with Crippen LogP contribution in [0.4, 0.5) is 0 Å². The summed E-state index contributed by atoms with van der Waals surface area (Å²) < 4.78 is 2.62. The van der Waals surface area contributed by atoms with Crippen molar-refractivity contribution >= 4 is 39.0 Å². The van der Waals surface area contributed by atoms with Gasteiger partial charge in [-0.15, -0.1) is 5.06 Å². The Morgan fingerprint density at radius 3 is 2.92 bits per heavy atom.